The first kappa shape index (κ1) is 21.5. The molecule has 4 aromatic rings. The number of anilines is 1. The number of rotatable bonds is 6. The number of nitrogens with zero attached hydrogens (tertiary/aromatic N) is 3. The van der Waals surface area contributed by atoms with Crippen LogP contribution in [0.2, 0.25) is 0 Å². The number of benzene rings is 3. The summed E-state index contributed by atoms with van der Waals surface area (Å²) in [5, 5.41) is 1.17. The van der Waals surface area contributed by atoms with Crippen LogP contribution < -0.4 is 9.64 Å². The summed E-state index contributed by atoms with van der Waals surface area (Å²) in [6.45, 7) is 8.73. The molecule has 0 saturated carbocycles. The number of fused-ring (bicyclic) bond motifs is 1. The Morgan fingerprint density at radius 1 is 0.818 bits per heavy atom. The van der Waals surface area contributed by atoms with Crippen molar-refractivity contribution in [1.29, 1.82) is 0 Å². The Morgan fingerprint density at radius 3 is 2.06 bits per heavy atom. The van der Waals surface area contributed by atoms with Crippen molar-refractivity contribution >= 4 is 16.6 Å². The number of hydrogen-bond donors (Lipinski definition) is 0. The molecule has 1 fully saturated rings. The van der Waals surface area contributed by atoms with Crippen LogP contribution in [-0.4, -0.2) is 42.7 Å². The van der Waals surface area contributed by atoms with E-state index in [0.29, 0.717) is 6.61 Å². The molecule has 0 unspecified atom stereocenters. The zero-order valence-corrected chi connectivity index (χ0v) is 19.4. The van der Waals surface area contributed by atoms with E-state index in [2.05, 4.69) is 95.6 Å². The standard InChI is InChI=1S/C29H31N3O/c1-3-33-25-14-15-27-26(21-25)28(20-22(2)30-27)31-16-18-32(19-17-31)29(23-10-6-4-7-11-23)24-12-8-5-9-13-24/h4-15,20-21,29H,3,16-19H2,1-2H3. The molecule has 1 aliphatic heterocycles. The van der Waals surface area contributed by atoms with Gasteiger partial charge in [-0.15, -0.1) is 0 Å². The highest BCUT2D eigenvalue weighted by Gasteiger charge is 2.27. The van der Waals surface area contributed by atoms with E-state index in [9.17, 15) is 0 Å². The minimum Gasteiger partial charge on any atom is -0.494 e. The summed E-state index contributed by atoms with van der Waals surface area (Å²) < 4.78 is 5.78. The molecule has 0 N–H and O–H groups in total. The first-order valence-corrected chi connectivity index (χ1v) is 11.9. The van der Waals surface area contributed by atoms with Gasteiger partial charge < -0.3 is 9.64 Å². The molecule has 33 heavy (non-hydrogen) atoms. The molecule has 1 aromatic heterocycles. The second-order valence-corrected chi connectivity index (χ2v) is 8.64. The first-order valence-electron chi connectivity index (χ1n) is 11.9. The van der Waals surface area contributed by atoms with Gasteiger partial charge in [0.15, 0.2) is 0 Å². The summed E-state index contributed by atoms with van der Waals surface area (Å²) in [6, 6.07) is 30.5. The molecular formula is C29H31N3O. The minimum atomic E-state index is 0.273. The molecule has 3 aromatic carbocycles. The molecule has 4 heteroatoms. The molecule has 1 aliphatic rings. The fourth-order valence-corrected chi connectivity index (χ4v) is 4.94. The Morgan fingerprint density at radius 2 is 1.45 bits per heavy atom. The van der Waals surface area contributed by atoms with Crippen LogP contribution >= 0.6 is 0 Å². The van der Waals surface area contributed by atoms with Crippen molar-refractivity contribution in [2.75, 3.05) is 37.7 Å². The highest BCUT2D eigenvalue weighted by atomic mass is 16.5. The third-order valence-corrected chi connectivity index (χ3v) is 6.45. The molecular weight excluding hydrogens is 406 g/mol. The van der Waals surface area contributed by atoms with Crippen LogP contribution in [0.4, 0.5) is 5.69 Å². The summed E-state index contributed by atoms with van der Waals surface area (Å²) in [5.74, 6) is 0.906. The van der Waals surface area contributed by atoms with Gasteiger partial charge in [0.25, 0.3) is 0 Å². The van der Waals surface area contributed by atoms with Crippen molar-refractivity contribution in [1.82, 2.24) is 9.88 Å². The maximum atomic E-state index is 5.78. The minimum absolute atomic E-state index is 0.273. The molecule has 4 nitrogen and oxygen atoms in total. The lowest BCUT2D eigenvalue weighted by Gasteiger charge is -2.41. The number of pyridine rings is 1. The van der Waals surface area contributed by atoms with Gasteiger partial charge in [0.05, 0.1) is 18.2 Å². The third kappa shape index (κ3) is 4.57. The largest absolute Gasteiger partial charge is 0.494 e. The summed E-state index contributed by atoms with van der Waals surface area (Å²) in [5.41, 5.74) is 6.04. The van der Waals surface area contributed by atoms with Crippen molar-refractivity contribution in [2.45, 2.75) is 19.9 Å². The predicted octanol–water partition coefficient (Wildman–Crippen LogP) is 5.85. The fourth-order valence-electron chi connectivity index (χ4n) is 4.94. The monoisotopic (exact) mass is 437 g/mol. The Bertz CT molecular complexity index is 1160. The van der Waals surface area contributed by atoms with E-state index < -0.39 is 0 Å². The average molecular weight is 438 g/mol. The SMILES string of the molecule is CCOc1ccc2nc(C)cc(N3CCN(C(c4ccccc4)c4ccccc4)CC3)c2c1. The molecule has 0 aliphatic carbocycles. The molecule has 0 radical (unpaired) electrons. The molecule has 0 atom stereocenters. The highest BCUT2D eigenvalue weighted by molar-refractivity contribution is 5.93. The lowest BCUT2D eigenvalue weighted by molar-refractivity contribution is 0.212. The smallest absolute Gasteiger partial charge is 0.120 e. The fraction of sp³-hybridized carbons (Fsp3) is 0.276. The van der Waals surface area contributed by atoms with Crippen LogP contribution in [0, 0.1) is 6.92 Å². The van der Waals surface area contributed by atoms with Crippen molar-refractivity contribution in [3.63, 3.8) is 0 Å². The van der Waals surface area contributed by atoms with E-state index in [1.165, 1.54) is 22.2 Å². The Balaban J connectivity index is 1.42. The van der Waals surface area contributed by atoms with E-state index >= 15 is 0 Å². The average Bonchev–Trinajstić information content (AvgIpc) is 2.86. The Labute approximate surface area is 196 Å². The summed E-state index contributed by atoms with van der Waals surface area (Å²) >= 11 is 0. The molecule has 168 valence electrons. The van der Waals surface area contributed by atoms with E-state index in [1.807, 2.05) is 13.0 Å². The maximum absolute atomic E-state index is 5.78. The Hall–Kier alpha value is -3.37. The van der Waals surface area contributed by atoms with Gasteiger partial charge in [-0.3, -0.25) is 9.88 Å². The van der Waals surface area contributed by atoms with Crippen LogP contribution in [0.25, 0.3) is 10.9 Å². The number of piperazine rings is 1. The second-order valence-electron chi connectivity index (χ2n) is 8.64. The summed E-state index contributed by atoms with van der Waals surface area (Å²) in [7, 11) is 0. The molecule has 2 heterocycles. The third-order valence-electron chi connectivity index (χ3n) is 6.45. The van der Waals surface area contributed by atoms with E-state index in [4.69, 9.17) is 9.72 Å². The highest BCUT2D eigenvalue weighted by Crippen LogP contribution is 2.33. The predicted molar refractivity (Wildman–Crippen MR) is 136 cm³/mol. The van der Waals surface area contributed by atoms with Gasteiger partial charge in [-0.1, -0.05) is 60.7 Å². The van der Waals surface area contributed by atoms with Crippen LogP contribution in [0.1, 0.15) is 29.8 Å². The lowest BCUT2D eigenvalue weighted by atomic mass is 9.96. The summed E-state index contributed by atoms with van der Waals surface area (Å²) in [6.07, 6.45) is 0. The van der Waals surface area contributed by atoms with Crippen molar-refractivity contribution in [3.8, 4) is 5.75 Å². The van der Waals surface area contributed by atoms with Gasteiger partial charge in [0, 0.05) is 42.9 Å². The van der Waals surface area contributed by atoms with Crippen LogP contribution in [0.5, 0.6) is 5.75 Å². The topological polar surface area (TPSA) is 28.6 Å². The molecule has 0 amide bonds. The first-order chi connectivity index (χ1) is 16.2. The van der Waals surface area contributed by atoms with Gasteiger partial charge in [0.1, 0.15) is 5.75 Å². The molecule has 0 bridgehead atoms. The van der Waals surface area contributed by atoms with Gasteiger partial charge in [0.2, 0.25) is 0 Å². The van der Waals surface area contributed by atoms with Gasteiger partial charge >= 0.3 is 0 Å². The molecule has 1 saturated heterocycles. The van der Waals surface area contributed by atoms with E-state index in [0.717, 1.165) is 43.1 Å². The quantitative estimate of drug-likeness (QED) is 0.378. The number of aryl methyl sites for hydroxylation is 1. The van der Waals surface area contributed by atoms with Crippen molar-refractivity contribution < 1.29 is 4.74 Å². The van der Waals surface area contributed by atoms with Crippen LogP contribution in [0.3, 0.4) is 0 Å². The van der Waals surface area contributed by atoms with Crippen molar-refractivity contribution in [3.05, 3.63) is 102 Å². The number of aromatic nitrogens is 1. The summed E-state index contributed by atoms with van der Waals surface area (Å²) in [4.78, 5) is 9.89. The van der Waals surface area contributed by atoms with E-state index in [-0.39, 0.29) is 6.04 Å². The molecule has 0 spiro atoms. The zero-order chi connectivity index (χ0) is 22.6. The number of ether oxygens (including phenoxy) is 1. The second kappa shape index (κ2) is 9.63. The van der Waals surface area contributed by atoms with Crippen LogP contribution in [-0.2, 0) is 0 Å². The van der Waals surface area contributed by atoms with Crippen molar-refractivity contribution in [2.24, 2.45) is 0 Å². The molecule has 5 rings (SSSR count). The number of hydrogen-bond acceptors (Lipinski definition) is 4. The van der Waals surface area contributed by atoms with Gasteiger partial charge in [-0.05, 0) is 49.2 Å². The maximum Gasteiger partial charge on any atom is 0.120 e. The normalized spacial score (nSPS) is 14.7. The zero-order valence-electron chi connectivity index (χ0n) is 19.4. The van der Waals surface area contributed by atoms with E-state index in [1.54, 1.807) is 0 Å². The van der Waals surface area contributed by atoms with Crippen LogP contribution in [0.15, 0.2) is 84.9 Å². The van der Waals surface area contributed by atoms with Gasteiger partial charge in [-0.2, -0.15) is 0 Å². The Kier molecular flexibility index (Phi) is 6.27. The lowest BCUT2D eigenvalue weighted by Crippen LogP contribution is -2.48. The van der Waals surface area contributed by atoms with Gasteiger partial charge in [-0.25, -0.2) is 0 Å².